The maximum absolute atomic E-state index is 13.8. The summed E-state index contributed by atoms with van der Waals surface area (Å²) in [6.07, 6.45) is 3.07. The zero-order valence-corrected chi connectivity index (χ0v) is 16.9. The van der Waals surface area contributed by atoms with Gasteiger partial charge in [-0.3, -0.25) is 4.98 Å². The zero-order chi connectivity index (χ0) is 20.6. The van der Waals surface area contributed by atoms with E-state index in [1.165, 1.54) is 12.1 Å². The summed E-state index contributed by atoms with van der Waals surface area (Å²) in [7, 11) is 0. The summed E-state index contributed by atoms with van der Waals surface area (Å²) >= 11 is 0. The molecule has 1 aromatic carbocycles. The largest absolute Gasteiger partial charge is 0.444 e. The molecule has 4 rings (SSSR count). The summed E-state index contributed by atoms with van der Waals surface area (Å²) in [5.41, 5.74) is 2.28. The highest BCUT2D eigenvalue weighted by atomic mass is 19.1. The quantitative estimate of drug-likeness (QED) is 0.576. The van der Waals surface area contributed by atoms with Gasteiger partial charge in [0.25, 0.3) is 0 Å². The van der Waals surface area contributed by atoms with Crippen LogP contribution in [0.15, 0.2) is 48.7 Å². The van der Waals surface area contributed by atoms with E-state index in [9.17, 15) is 9.18 Å². The van der Waals surface area contributed by atoms with Gasteiger partial charge in [0.05, 0.1) is 22.9 Å². The second kappa shape index (κ2) is 7.43. The summed E-state index contributed by atoms with van der Waals surface area (Å²) in [5, 5.41) is 0.831. The van der Waals surface area contributed by atoms with Crippen LogP contribution in [0, 0.1) is 5.82 Å². The van der Waals surface area contributed by atoms with E-state index in [1.54, 1.807) is 17.2 Å². The number of carbonyl (C=O) groups excluding carboxylic acids is 1. The van der Waals surface area contributed by atoms with E-state index in [1.807, 2.05) is 45.0 Å². The minimum atomic E-state index is -0.562. The van der Waals surface area contributed by atoms with Crippen LogP contribution in [0.4, 0.5) is 9.18 Å². The Balaban J connectivity index is 1.83. The minimum Gasteiger partial charge on any atom is -0.444 e. The third-order valence-electron chi connectivity index (χ3n) is 4.96. The Kier molecular flexibility index (Phi) is 4.94. The van der Waals surface area contributed by atoms with Crippen LogP contribution in [-0.4, -0.2) is 33.1 Å². The molecule has 0 aliphatic carbocycles. The van der Waals surface area contributed by atoms with E-state index in [-0.39, 0.29) is 18.0 Å². The predicted molar refractivity (Wildman–Crippen MR) is 110 cm³/mol. The number of ether oxygens (including phenoxy) is 1. The van der Waals surface area contributed by atoms with Gasteiger partial charge in [-0.05, 0) is 63.9 Å². The standard InChI is InChI=1S/C23H24FN3O2/c1-23(2,3)29-22(28)27-12-6-8-20(27)17-13-15-9-10-16(24)14-19(15)26-21(17)18-7-4-5-11-25-18/h4-5,7,9-11,13-14,20H,6,8,12H2,1-3H3. The van der Waals surface area contributed by atoms with Crippen LogP contribution in [0.2, 0.25) is 0 Å². The van der Waals surface area contributed by atoms with E-state index in [0.29, 0.717) is 23.4 Å². The maximum atomic E-state index is 13.8. The van der Waals surface area contributed by atoms with Gasteiger partial charge in [0.1, 0.15) is 11.4 Å². The van der Waals surface area contributed by atoms with Gasteiger partial charge in [-0.1, -0.05) is 6.07 Å². The number of hydrogen-bond donors (Lipinski definition) is 0. The smallest absolute Gasteiger partial charge is 0.410 e. The maximum Gasteiger partial charge on any atom is 0.410 e. The lowest BCUT2D eigenvalue weighted by atomic mass is 9.98. The molecule has 0 N–H and O–H groups in total. The van der Waals surface area contributed by atoms with E-state index in [0.717, 1.165) is 23.8 Å². The lowest BCUT2D eigenvalue weighted by Gasteiger charge is -2.29. The molecule has 5 nitrogen and oxygen atoms in total. The van der Waals surface area contributed by atoms with Gasteiger partial charge >= 0.3 is 6.09 Å². The molecule has 0 radical (unpaired) electrons. The van der Waals surface area contributed by atoms with Crippen LogP contribution in [0.3, 0.4) is 0 Å². The number of rotatable bonds is 2. The van der Waals surface area contributed by atoms with Crippen molar-refractivity contribution in [2.24, 2.45) is 0 Å². The molecule has 1 unspecified atom stereocenters. The molecule has 0 spiro atoms. The average Bonchev–Trinajstić information content (AvgIpc) is 3.16. The average molecular weight is 393 g/mol. The fourth-order valence-corrected chi connectivity index (χ4v) is 3.75. The number of likely N-dealkylation sites (tertiary alicyclic amines) is 1. The molecule has 3 heterocycles. The molecule has 1 aliphatic rings. The van der Waals surface area contributed by atoms with Gasteiger partial charge in [0.15, 0.2) is 0 Å². The fourth-order valence-electron chi connectivity index (χ4n) is 3.75. The Bertz CT molecular complexity index is 1050. The van der Waals surface area contributed by atoms with Gasteiger partial charge in [-0.15, -0.1) is 0 Å². The summed E-state index contributed by atoms with van der Waals surface area (Å²) in [5.74, 6) is -0.332. The van der Waals surface area contributed by atoms with Crippen molar-refractivity contribution in [2.45, 2.75) is 45.3 Å². The summed E-state index contributed by atoms with van der Waals surface area (Å²) in [6, 6.07) is 12.0. The predicted octanol–water partition coefficient (Wildman–Crippen LogP) is 5.51. The van der Waals surface area contributed by atoms with Crippen molar-refractivity contribution in [1.82, 2.24) is 14.9 Å². The lowest BCUT2D eigenvalue weighted by Crippen LogP contribution is -2.36. The number of amides is 1. The number of fused-ring (bicyclic) bond motifs is 1. The van der Waals surface area contributed by atoms with E-state index in [4.69, 9.17) is 9.72 Å². The van der Waals surface area contributed by atoms with Crippen LogP contribution >= 0.6 is 0 Å². The normalized spacial score (nSPS) is 17.0. The summed E-state index contributed by atoms with van der Waals surface area (Å²) < 4.78 is 19.4. The Morgan fingerprint density at radius 1 is 1.21 bits per heavy atom. The van der Waals surface area contributed by atoms with E-state index >= 15 is 0 Å². The Labute approximate surface area is 169 Å². The molecule has 150 valence electrons. The molecular weight excluding hydrogens is 369 g/mol. The number of aromatic nitrogens is 2. The molecule has 2 aromatic heterocycles. The van der Waals surface area contributed by atoms with Crippen molar-refractivity contribution in [3.05, 3.63) is 60.0 Å². The molecule has 0 saturated carbocycles. The summed E-state index contributed by atoms with van der Waals surface area (Å²) in [6.45, 7) is 6.22. The highest BCUT2D eigenvalue weighted by Crippen LogP contribution is 2.38. The topological polar surface area (TPSA) is 55.3 Å². The number of hydrogen-bond acceptors (Lipinski definition) is 4. The Hall–Kier alpha value is -3.02. The monoisotopic (exact) mass is 393 g/mol. The number of benzene rings is 1. The molecule has 6 heteroatoms. The first-order valence-electron chi connectivity index (χ1n) is 9.83. The third-order valence-corrected chi connectivity index (χ3v) is 4.96. The number of nitrogens with zero attached hydrogens (tertiary/aromatic N) is 3. The van der Waals surface area contributed by atoms with Crippen molar-refractivity contribution in [1.29, 1.82) is 0 Å². The zero-order valence-electron chi connectivity index (χ0n) is 16.9. The van der Waals surface area contributed by atoms with Crippen LogP contribution in [0.25, 0.3) is 22.3 Å². The van der Waals surface area contributed by atoms with Crippen molar-refractivity contribution in [2.75, 3.05) is 6.54 Å². The Morgan fingerprint density at radius 3 is 2.76 bits per heavy atom. The molecular formula is C23H24FN3O2. The van der Waals surface area contributed by atoms with Crippen molar-refractivity contribution in [3.8, 4) is 11.4 Å². The first kappa shape index (κ1) is 19.3. The molecule has 1 aliphatic heterocycles. The first-order valence-corrected chi connectivity index (χ1v) is 9.83. The second-order valence-corrected chi connectivity index (χ2v) is 8.31. The van der Waals surface area contributed by atoms with E-state index < -0.39 is 5.60 Å². The molecule has 3 aromatic rings. The number of halogens is 1. The lowest BCUT2D eigenvalue weighted by molar-refractivity contribution is 0.0225. The third kappa shape index (κ3) is 4.06. The van der Waals surface area contributed by atoms with Gasteiger partial charge in [-0.25, -0.2) is 14.2 Å². The molecule has 1 atom stereocenters. The second-order valence-electron chi connectivity index (χ2n) is 8.31. The van der Waals surface area contributed by atoms with Crippen molar-refractivity contribution < 1.29 is 13.9 Å². The fraction of sp³-hybridized carbons (Fsp3) is 0.348. The highest BCUT2D eigenvalue weighted by Gasteiger charge is 2.35. The Morgan fingerprint density at radius 2 is 2.03 bits per heavy atom. The number of carbonyl (C=O) groups is 1. The molecule has 1 amide bonds. The van der Waals surface area contributed by atoms with Crippen molar-refractivity contribution in [3.63, 3.8) is 0 Å². The molecule has 1 saturated heterocycles. The van der Waals surface area contributed by atoms with Gasteiger partial charge in [-0.2, -0.15) is 0 Å². The van der Waals surface area contributed by atoms with Crippen LogP contribution in [-0.2, 0) is 4.74 Å². The van der Waals surface area contributed by atoms with Gasteiger partial charge in [0.2, 0.25) is 0 Å². The van der Waals surface area contributed by atoms with E-state index in [2.05, 4.69) is 4.98 Å². The molecule has 29 heavy (non-hydrogen) atoms. The SMILES string of the molecule is CC(C)(C)OC(=O)N1CCCC1c1cc2ccc(F)cc2nc1-c1ccccn1. The minimum absolute atomic E-state index is 0.163. The van der Waals surface area contributed by atoms with Gasteiger partial charge in [0, 0.05) is 29.8 Å². The van der Waals surface area contributed by atoms with Crippen LogP contribution in [0.5, 0.6) is 0 Å². The highest BCUT2D eigenvalue weighted by molar-refractivity contribution is 5.83. The molecule has 0 bridgehead atoms. The first-order chi connectivity index (χ1) is 13.8. The van der Waals surface area contributed by atoms with Crippen LogP contribution in [0.1, 0.15) is 45.2 Å². The summed E-state index contributed by atoms with van der Waals surface area (Å²) in [4.78, 5) is 23.8. The van der Waals surface area contributed by atoms with Crippen LogP contribution < -0.4 is 0 Å². The molecule has 1 fully saturated rings. The van der Waals surface area contributed by atoms with Gasteiger partial charge < -0.3 is 9.64 Å². The van der Waals surface area contributed by atoms with Crippen molar-refractivity contribution >= 4 is 17.0 Å². The number of pyridine rings is 2.